The lowest BCUT2D eigenvalue weighted by Gasteiger charge is -2.37. The Kier molecular flexibility index (Phi) is 9.04. The SMILES string of the molecule is C=CC(C(C)C)N(Cc1ccccc1)S(=O)(=O)N(Cc1ccc(OC)cc1)[C@H](C)C=C. The highest BCUT2D eigenvalue weighted by Crippen LogP contribution is 2.26. The molecule has 2 atom stereocenters. The minimum atomic E-state index is -3.85. The fourth-order valence-corrected chi connectivity index (χ4v) is 5.46. The molecule has 0 saturated heterocycles. The van der Waals surface area contributed by atoms with E-state index < -0.39 is 10.2 Å². The molecule has 0 heterocycles. The maximum atomic E-state index is 14.0. The second-order valence-corrected chi connectivity index (χ2v) is 9.71. The molecule has 0 aliphatic rings. The zero-order valence-corrected chi connectivity index (χ0v) is 19.8. The number of hydrogen-bond donors (Lipinski definition) is 0. The first-order valence-corrected chi connectivity index (χ1v) is 11.8. The van der Waals surface area contributed by atoms with E-state index >= 15 is 0 Å². The summed E-state index contributed by atoms with van der Waals surface area (Å²) in [5.41, 5.74) is 1.80. The second kappa shape index (κ2) is 11.3. The summed E-state index contributed by atoms with van der Waals surface area (Å²) in [4.78, 5) is 0. The molecular weight excluding hydrogens is 408 g/mol. The maximum absolute atomic E-state index is 14.0. The van der Waals surface area contributed by atoms with Gasteiger partial charge >= 0.3 is 0 Å². The third-order valence-corrected chi connectivity index (χ3v) is 7.34. The van der Waals surface area contributed by atoms with Crippen molar-refractivity contribution in [1.82, 2.24) is 8.61 Å². The van der Waals surface area contributed by atoms with Crippen LogP contribution in [0, 0.1) is 5.92 Å². The Hall–Kier alpha value is -2.41. The Morgan fingerprint density at radius 3 is 1.90 bits per heavy atom. The molecule has 168 valence electrons. The number of ether oxygens (including phenoxy) is 1. The van der Waals surface area contributed by atoms with Gasteiger partial charge in [0.15, 0.2) is 0 Å². The first-order chi connectivity index (χ1) is 14.7. The van der Waals surface area contributed by atoms with Crippen LogP contribution in [-0.4, -0.2) is 36.2 Å². The summed E-state index contributed by atoms with van der Waals surface area (Å²) in [5.74, 6) is 0.796. The lowest BCUT2D eigenvalue weighted by molar-refractivity contribution is 0.255. The topological polar surface area (TPSA) is 49.9 Å². The van der Waals surface area contributed by atoms with Gasteiger partial charge in [-0.05, 0) is 36.1 Å². The van der Waals surface area contributed by atoms with Crippen LogP contribution in [-0.2, 0) is 23.3 Å². The maximum Gasteiger partial charge on any atom is 0.283 e. The number of rotatable bonds is 12. The molecule has 0 aromatic heterocycles. The minimum Gasteiger partial charge on any atom is -0.497 e. The Labute approximate surface area is 187 Å². The number of hydrogen-bond acceptors (Lipinski definition) is 3. The number of methoxy groups -OCH3 is 1. The third-order valence-electron chi connectivity index (χ3n) is 5.32. The summed E-state index contributed by atoms with van der Waals surface area (Å²) >= 11 is 0. The third kappa shape index (κ3) is 6.29. The first kappa shape index (κ1) is 24.9. The van der Waals surface area contributed by atoms with Crippen LogP contribution in [0.3, 0.4) is 0 Å². The van der Waals surface area contributed by atoms with Crippen molar-refractivity contribution in [1.29, 1.82) is 0 Å². The molecule has 31 heavy (non-hydrogen) atoms. The lowest BCUT2D eigenvalue weighted by Crippen LogP contribution is -2.51. The summed E-state index contributed by atoms with van der Waals surface area (Å²) in [5, 5.41) is 0. The molecule has 1 unspecified atom stereocenters. The average Bonchev–Trinajstić information content (AvgIpc) is 2.77. The fraction of sp³-hybridized carbons (Fsp3) is 0.360. The molecule has 2 aromatic rings. The van der Waals surface area contributed by atoms with Crippen molar-refractivity contribution >= 4 is 10.2 Å². The average molecular weight is 443 g/mol. The minimum absolute atomic E-state index is 0.0675. The van der Waals surface area contributed by atoms with Crippen LogP contribution in [0.15, 0.2) is 79.9 Å². The van der Waals surface area contributed by atoms with Crippen LogP contribution >= 0.6 is 0 Å². The molecule has 0 radical (unpaired) electrons. The van der Waals surface area contributed by atoms with Gasteiger partial charge in [-0.25, -0.2) is 0 Å². The normalized spacial score (nSPS) is 13.9. The Bertz CT molecular complexity index is 940. The summed E-state index contributed by atoms with van der Waals surface area (Å²) in [6, 6.07) is 16.3. The zero-order valence-electron chi connectivity index (χ0n) is 18.9. The molecule has 2 aromatic carbocycles. The molecule has 2 rings (SSSR count). The van der Waals surface area contributed by atoms with Gasteiger partial charge in [0.1, 0.15) is 5.75 Å². The van der Waals surface area contributed by atoms with Gasteiger partial charge in [0, 0.05) is 25.2 Å². The van der Waals surface area contributed by atoms with Crippen molar-refractivity contribution < 1.29 is 13.2 Å². The highest BCUT2D eigenvalue weighted by molar-refractivity contribution is 7.86. The van der Waals surface area contributed by atoms with Crippen LogP contribution in [0.25, 0.3) is 0 Å². The smallest absolute Gasteiger partial charge is 0.283 e. The monoisotopic (exact) mass is 442 g/mol. The van der Waals surface area contributed by atoms with E-state index in [1.54, 1.807) is 23.6 Å². The van der Waals surface area contributed by atoms with E-state index in [0.717, 1.165) is 16.9 Å². The van der Waals surface area contributed by atoms with E-state index in [2.05, 4.69) is 13.2 Å². The largest absolute Gasteiger partial charge is 0.497 e. The molecule has 0 bridgehead atoms. The van der Waals surface area contributed by atoms with E-state index in [9.17, 15) is 8.42 Å². The van der Waals surface area contributed by atoms with E-state index in [1.807, 2.05) is 75.4 Å². The summed E-state index contributed by atoms with van der Waals surface area (Å²) in [7, 11) is -2.24. The predicted octanol–water partition coefficient (Wildman–Crippen LogP) is 5.03. The van der Waals surface area contributed by atoms with Crippen LogP contribution in [0.2, 0.25) is 0 Å². The van der Waals surface area contributed by atoms with Gasteiger partial charge in [-0.1, -0.05) is 68.5 Å². The lowest BCUT2D eigenvalue weighted by atomic mass is 10.0. The van der Waals surface area contributed by atoms with Crippen molar-refractivity contribution in [3.63, 3.8) is 0 Å². The van der Waals surface area contributed by atoms with Crippen molar-refractivity contribution in [2.24, 2.45) is 5.92 Å². The van der Waals surface area contributed by atoms with Gasteiger partial charge in [0.2, 0.25) is 0 Å². The second-order valence-electron chi connectivity index (χ2n) is 7.88. The molecular formula is C25H34N2O3S. The van der Waals surface area contributed by atoms with Gasteiger partial charge in [-0.3, -0.25) is 0 Å². The highest BCUT2D eigenvalue weighted by Gasteiger charge is 2.37. The molecule has 0 N–H and O–H groups in total. The van der Waals surface area contributed by atoms with Crippen LogP contribution in [0.1, 0.15) is 31.9 Å². The molecule has 0 aliphatic carbocycles. The van der Waals surface area contributed by atoms with Crippen LogP contribution < -0.4 is 4.74 Å². The van der Waals surface area contributed by atoms with Crippen molar-refractivity contribution in [3.8, 4) is 5.75 Å². The Balaban J connectivity index is 2.48. The quantitative estimate of drug-likeness (QED) is 0.433. The predicted molar refractivity (Wildman–Crippen MR) is 128 cm³/mol. The van der Waals surface area contributed by atoms with Gasteiger partial charge in [-0.15, -0.1) is 13.2 Å². The fourth-order valence-electron chi connectivity index (χ4n) is 3.43. The molecule has 6 heteroatoms. The summed E-state index contributed by atoms with van der Waals surface area (Å²) < 4.78 is 36.3. The van der Waals surface area contributed by atoms with E-state index in [4.69, 9.17) is 4.74 Å². The summed E-state index contributed by atoms with van der Waals surface area (Å²) in [6.45, 7) is 14.1. The van der Waals surface area contributed by atoms with Crippen molar-refractivity contribution in [2.75, 3.05) is 7.11 Å². The molecule has 0 saturated carbocycles. The van der Waals surface area contributed by atoms with Crippen molar-refractivity contribution in [2.45, 2.75) is 45.9 Å². The van der Waals surface area contributed by atoms with Crippen LogP contribution in [0.5, 0.6) is 5.75 Å². The van der Waals surface area contributed by atoms with Crippen molar-refractivity contribution in [3.05, 3.63) is 91.0 Å². The van der Waals surface area contributed by atoms with Gasteiger partial charge in [0.05, 0.1) is 7.11 Å². The molecule has 0 fully saturated rings. The number of benzene rings is 2. The van der Waals surface area contributed by atoms with Crippen LogP contribution in [0.4, 0.5) is 0 Å². The zero-order chi connectivity index (χ0) is 23.0. The molecule has 0 aliphatic heterocycles. The summed E-state index contributed by atoms with van der Waals surface area (Å²) in [6.07, 6.45) is 3.37. The van der Waals surface area contributed by atoms with Gasteiger partial charge in [-0.2, -0.15) is 17.0 Å². The van der Waals surface area contributed by atoms with Gasteiger partial charge in [0.25, 0.3) is 10.2 Å². The highest BCUT2D eigenvalue weighted by atomic mass is 32.2. The number of nitrogens with zero attached hydrogens (tertiary/aromatic N) is 2. The Morgan fingerprint density at radius 2 is 1.42 bits per heavy atom. The molecule has 5 nitrogen and oxygen atoms in total. The van der Waals surface area contributed by atoms with E-state index in [0.29, 0.717) is 0 Å². The Morgan fingerprint density at radius 1 is 0.871 bits per heavy atom. The van der Waals surface area contributed by atoms with E-state index in [-0.39, 0.29) is 31.1 Å². The van der Waals surface area contributed by atoms with Gasteiger partial charge < -0.3 is 4.74 Å². The standard InChI is InChI=1S/C25H34N2O3S/c1-7-21(5)26(18-23-14-16-24(30-6)17-15-23)31(28,29)27(25(8-2)20(3)4)19-22-12-10-9-11-13-22/h7-17,20-21,25H,1-2,18-19H2,3-6H3/t21-,25?/m1/s1. The molecule has 0 amide bonds. The van der Waals surface area contributed by atoms with E-state index in [1.165, 1.54) is 4.31 Å². The molecule has 0 spiro atoms. The first-order valence-electron chi connectivity index (χ1n) is 10.4.